The second-order valence-corrected chi connectivity index (χ2v) is 5.77. The van der Waals surface area contributed by atoms with Crippen LogP contribution in [-0.4, -0.2) is 26.9 Å². The van der Waals surface area contributed by atoms with E-state index in [1.54, 1.807) is 16.9 Å². The highest BCUT2D eigenvalue weighted by Gasteiger charge is 2.20. The molecule has 6 heteroatoms. The summed E-state index contributed by atoms with van der Waals surface area (Å²) in [6, 6.07) is 6.41. The lowest BCUT2D eigenvalue weighted by atomic mass is 10.1. The maximum atomic E-state index is 13.3. The minimum absolute atomic E-state index is 0.184. The first kappa shape index (κ1) is 14.7. The van der Waals surface area contributed by atoms with E-state index in [9.17, 15) is 9.18 Å². The van der Waals surface area contributed by atoms with Gasteiger partial charge in [-0.15, -0.1) is 5.10 Å². The molecule has 1 saturated carbocycles. The number of hydrogen-bond acceptors (Lipinski definition) is 3. The lowest BCUT2D eigenvalue weighted by Crippen LogP contribution is -2.32. The summed E-state index contributed by atoms with van der Waals surface area (Å²) < 4.78 is 14.9. The summed E-state index contributed by atoms with van der Waals surface area (Å²) in [5.41, 5.74) is 1.09. The third-order valence-corrected chi connectivity index (χ3v) is 4.16. The highest BCUT2D eigenvalue weighted by molar-refractivity contribution is 5.92. The van der Waals surface area contributed by atoms with Crippen LogP contribution in [0.4, 0.5) is 4.39 Å². The molecule has 1 N–H and O–H groups in total. The van der Waals surface area contributed by atoms with Gasteiger partial charge in [0.25, 0.3) is 5.91 Å². The number of carbonyl (C=O) groups excluding carboxylic acids is 1. The van der Waals surface area contributed by atoms with Crippen LogP contribution < -0.4 is 5.32 Å². The first-order chi connectivity index (χ1) is 10.6. The molecule has 1 aliphatic carbocycles. The summed E-state index contributed by atoms with van der Waals surface area (Å²) >= 11 is 0. The van der Waals surface area contributed by atoms with Crippen LogP contribution in [0.5, 0.6) is 0 Å². The normalized spacial score (nSPS) is 16.6. The number of amides is 1. The van der Waals surface area contributed by atoms with Gasteiger partial charge in [-0.3, -0.25) is 4.79 Å². The Bertz CT molecular complexity index is 664. The van der Waals surface area contributed by atoms with E-state index in [1.807, 2.05) is 13.0 Å². The van der Waals surface area contributed by atoms with Crippen molar-refractivity contribution in [2.45, 2.75) is 44.7 Å². The van der Waals surface area contributed by atoms with Crippen LogP contribution in [0.15, 0.2) is 30.5 Å². The molecule has 0 aliphatic heterocycles. The fraction of sp³-hybridized carbons (Fsp3) is 0.438. The van der Waals surface area contributed by atoms with Crippen molar-refractivity contribution >= 4 is 5.91 Å². The highest BCUT2D eigenvalue weighted by atomic mass is 19.1. The van der Waals surface area contributed by atoms with Gasteiger partial charge >= 0.3 is 0 Å². The van der Waals surface area contributed by atoms with E-state index in [4.69, 9.17) is 0 Å². The molecule has 0 saturated heterocycles. The van der Waals surface area contributed by atoms with Crippen molar-refractivity contribution < 1.29 is 9.18 Å². The zero-order chi connectivity index (χ0) is 15.5. The zero-order valence-corrected chi connectivity index (χ0v) is 12.5. The Hall–Kier alpha value is -2.24. The van der Waals surface area contributed by atoms with Crippen molar-refractivity contribution in [1.82, 2.24) is 20.3 Å². The number of rotatable bonds is 4. The Morgan fingerprint density at radius 2 is 2.18 bits per heavy atom. The second-order valence-electron chi connectivity index (χ2n) is 5.77. The van der Waals surface area contributed by atoms with Crippen molar-refractivity contribution in [3.63, 3.8) is 0 Å². The van der Waals surface area contributed by atoms with Gasteiger partial charge < -0.3 is 5.32 Å². The topological polar surface area (TPSA) is 59.8 Å². The molecule has 1 aromatic carbocycles. The van der Waals surface area contributed by atoms with E-state index in [0.717, 1.165) is 31.2 Å². The molecule has 2 aromatic rings. The van der Waals surface area contributed by atoms with Crippen LogP contribution in [0.2, 0.25) is 0 Å². The summed E-state index contributed by atoms with van der Waals surface area (Å²) in [5, 5.41) is 10.9. The van der Waals surface area contributed by atoms with E-state index in [0.29, 0.717) is 5.69 Å². The Morgan fingerprint density at radius 3 is 2.91 bits per heavy atom. The second kappa shape index (κ2) is 6.25. The molecular weight excluding hydrogens is 283 g/mol. The Balaban J connectivity index is 1.71. The minimum atomic E-state index is -0.288. The molecule has 1 heterocycles. The Kier molecular flexibility index (Phi) is 4.18. The van der Waals surface area contributed by atoms with E-state index >= 15 is 0 Å². The monoisotopic (exact) mass is 302 g/mol. The Morgan fingerprint density at radius 1 is 1.41 bits per heavy atom. The minimum Gasteiger partial charge on any atom is -0.348 e. The average molecular weight is 302 g/mol. The van der Waals surface area contributed by atoms with Gasteiger partial charge in [0.1, 0.15) is 5.82 Å². The van der Waals surface area contributed by atoms with E-state index in [-0.39, 0.29) is 23.8 Å². The van der Waals surface area contributed by atoms with Crippen LogP contribution in [0.1, 0.15) is 54.7 Å². The molecular formula is C16H19FN4O. The smallest absolute Gasteiger partial charge is 0.273 e. The van der Waals surface area contributed by atoms with Crippen LogP contribution in [0.3, 0.4) is 0 Å². The molecule has 5 nitrogen and oxygen atoms in total. The molecule has 116 valence electrons. The fourth-order valence-electron chi connectivity index (χ4n) is 2.82. The number of benzene rings is 1. The lowest BCUT2D eigenvalue weighted by molar-refractivity contribution is 0.0932. The van der Waals surface area contributed by atoms with Gasteiger partial charge in [-0.2, -0.15) is 0 Å². The number of hydrogen-bond donors (Lipinski definition) is 1. The Labute approximate surface area is 128 Å². The third-order valence-electron chi connectivity index (χ3n) is 4.16. The molecule has 1 aromatic heterocycles. The lowest BCUT2D eigenvalue weighted by Gasteiger charge is -2.11. The maximum absolute atomic E-state index is 13.3. The molecule has 1 fully saturated rings. The first-order valence-corrected chi connectivity index (χ1v) is 7.61. The summed E-state index contributed by atoms with van der Waals surface area (Å²) in [6.07, 6.45) is 5.99. The predicted octanol–water partition coefficient (Wildman–Crippen LogP) is 2.70. The van der Waals surface area contributed by atoms with Gasteiger partial charge in [0, 0.05) is 6.04 Å². The predicted molar refractivity (Wildman–Crippen MR) is 80.0 cm³/mol. The third kappa shape index (κ3) is 3.16. The number of halogens is 1. The quantitative estimate of drug-likeness (QED) is 0.944. The van der Waals surface area contributed by atoms with Crippen LogP contribution in [0.25, 0.3) is 0 Å². The van der Waals surface area contributed by atoms with E-state index in [2.05, 4.69) is 15.6 Å². The number of aromatic nitrogens is 3. The van der Waals surface area contributed by atoms with E-state index in [1.165, 1.54) is 12.1 Å². The van der Waals surface area contributed by atoms with Crippen molar-refractivity contribution in [2.75, 3.05) is 0 Å². The zero-order valence-electron chi connectivity index (χ0n) is 12.5. The SMILES string of the molecule is C[C@@H](c1cccc(F)c1)n1cc(C(=O)NC2CCCC2)nn1. The summed E-state index contributed by atoms with van der Waals surface area (Å²) in [5.74, 6) is -0.478. The summed E-state index contributed by atoms with van der Waals surface area (Å²) in [7, 11) is 0. The number of nitrogens with zero attached hydrogens (tertiary/aromatic N) is 3. The fourth-order valence-corrected chi connectivity index (χ4v) is 2.82. The van der Waals surface area contributed by atoms with Crippen LogP contribution >= 0.6 is 0 Å². The molecule has 0 unspecified atom stereocenters. The maximum Gasteiger partial charge on any atom is 0.273 e. The van der Waals surface area contributed by atoms with Gasteiger partial charge in [0.05, 0.1) is 12.2 Å². The molecule has 0 radical (unpaired) electrons. The summed E-state index contributed by atoms with van der Waals surface area (Å²) in [6.45, 7) is 1.89. The molecule has 0 spiro atoms. The standard InChI is InChI=1S/C16H19FN4O/c1-11(12-5-4-6-13(17)9-12)21-10-15(19-20-21)16(22)18-14-7-2-3-8-14/h4-6,9-11,14H,2-3,7-8H2,1H3,(H,18,22)/t11-/m0/s1. The van der Waals surface area contributed by atoms with Gasteiger partial charge in [-0.25, -0.2) is 9.07 Å². The highest BCUT2D eigenvalue weighted by Crippen LogP contribution is 2.19. The molecule has 1 amide bonds. The molecule has 22 heavy (non-hydrogen) atoms. The number of nitrogens with one attached hydrogen (secondary N) is 1. The van der Waals surface area contributed by atoms with Gasteiger partial charge in [-0.1, -0.05) is 30.2 Å². The van der Waals surface area contributed by atoms with Gasteiger partial charge in [-0.05, 0) is 37.5 Å². The van der Waals surface area contributed by atoms with Crippen molar-refractivity contribution in [2.24, 2.45) is 0 Å². The van der Waals surface area contributed by atoms with Crippen molar-refractivity contribution in [3.8, 4) is 0 Å². The van der Waals surface area contributed by atoms with Crippen LogP contribution in [0, 0.1) is 5.82 Å². The van der Waals surface area contributed by atoms with Crippen molar-refractivity contribution in [1.29, 1.82) is 0 Å². The summed E-state index contributed by atoms with van der Waals surface area (Å²) in [4.78, 5) is 12.1. The van der Waals surface area contributed by atoms with E-state index < -0.39 is 0 Å². The average Bonchev–Trinajstić information content (AvgIpc) is 3.17. The molecule has 3 rings (SSSR count). The largest absolute Gasteiger partial charge is 0.348 e. The van der Waals surface area contributed by atoms with Gasteiger partial charge in [0.2, 0.25) is 0 Å². The van der Waals surface area contributed by atoms with Crippen LogP contribution in [-0.2, 0) is 0 Å². The molecule has 0 bridgehead atoms. The molecule has 1 atom stereocenters. The molecule has 1 aliphatic rings. The first-order valence-electron chi connectivity index (χ1n) is 7.61. The number of carbonyl (C=O) groups is 1. The van der Waals surface area contributed by atoms with Gasteiger partial charge in [0.15, 0.2) is 5.69 Å². The van der Waals surface area contributed by atoms with Crippen molar-refractivity contribution in [3.05, 3.63) is 47.5 Å².